The van der Waals surface area contributed by atoms with Crippen LogP contribution in [0.1, 0.15) is 19.2 Å². The van der Waals surface area contributed by atoms with Crippen LogP contribution in [-0.4, -0.2) is 54.5 Å². The number of imidazole rings is 1. The van der Waals surface area contributed by atoms with Crippen molar-refractivity contribution in [2.45, 2.75) is 39.0 Å². The Balaban J connectivity index is 1.78. The average molecular weight is 353 g/mol. The van der Waals surface area contributed by atoms with Gasteiger partial charge in [-0.1, -0.05) is 0 Å². The number of aryl methyl sites for hydroxylation is 2. The molecule has 3 aromatic rings. The standard InChI is InChI=1S/C17H19N7O2/c1-3-24-15(11-6-19-10(2)20-7-11)23-14-16(24)21-9-22-17(14)26-13-4-5-18-12(13)8-25/h6-9,12-13,18H,3-5H2,1-2H3/t12?,13-/m0/s1. The maximum absolute atomic E-state index is 11.2. The minimum atomic E-state index is -0.335. The Hall–Kier alpha value is -2.94. The molecule has 0 aliphatic carbocycles. The van der Waals surface area contributed by atoms with Gasteiger partial charge in [-0.2, -0.15) is 4.98 Å². The van der Waals surface area contributed by atoms with Gasteiger partial charge in [0, 0.05) is 18.9 Å². The molecule has 2 atom stereocenters. The number of fused-ring (bicyclic) bond motifs is 1. The van der Waals surface area contributed by atoms with Gasteiger partial charge in [-0.05, 0) is 26.8 Å². The van der Waals surface area contributed by atoms with Gasteiger partial charge in [0.05, 0.1) is 5.56 Å². The monoisotopic (exact) mass is 353 g/mol. The number of rotatable bonds is 5. The van der Waals surface area contributed by atoms with Crippen LogP contribution in [0.3, 0.4) is 0 Å². The van der Waals surface area contributed by atoms with E-state index in [4.69, 9.17) is 9.72 Å². The Labute approximate surface area is 149 Å². The Morgan fingerprint density at radius 2 is 2.12 bits per heavy atom. The van der Waals surface area contributed by atoms with E-state index >= 15 is 0 Å². The van der Waals surface area contributed by atoms with E-state index < -0.39 is 0 Å². The lowest BCUT2D eigenvalue weighted by atomic mass is 10.2. The van der Waals surface area contributed by atoms with Crippen molar-refractivity contribution in [1.29, 1.82) is 0 Å². The van der Waals surface area contributed by atoms with Crippen molar-refractivity contribution in [3.63, 3.8) is 0 Å². The molecule has 4 rings (SSSR count). The highest BCUT2D eigenvalue weighted by atomic mass is 16.5. The Morgan fingerprint density at radius 3 is 2.85 bits per heavy atom. The molecular formula is C17H19N7O2. The lowest BCUT2D eigenvalue weighted by molar-refractivity contribution is -0.110. The highest BCUT2D eigenvalue weighted by Gasteiger charge is 2.30. The molecule has 0 radical (unpaired) electrons. The zero-order valence-corrected chi connectivity index (χ0v) is 14.6. The summed E-state index contributed by atoms with van der Waals surface area (Å²) in [5.74, 6) is 1.80. The lowest BCUT2D eigenvalue weighted by Crippen LogP contribution is -2.35. The molecule has 1 aliphatic rings. The maximum Gasteiger partial charge on any atom is 0.245 e. The predicted octanol–water partition coefficient (Wildman–Crippen LogP) is 0.920. The van der Waals surface area contributed by atoms with Crippen LogP contribution in [0.25, 0.3) is 22.6 Å². The third-order valence-electron chi connectivity index (χ3n) is 4.47. The van der Waals surface area contributed by atoms with E-state index in [0.29, 0.717) is 35.2 Å². The van der Waals surface area contributed by atoms with E-state index in [0.717, 1.165) is 24.8 Å². The van der Waals surface area contributed by atoms with E-state index in [1.165, 1.54) is 6.33 Å². The summed E-state index contributed by atoms with van der Waals surface area (Å²) >= 11 is 0. The van der Waals surface area contributed by atoms with Crippen LogP contribution in [0.2, 0.25) is 0 Å². The number of hydrogen-bond donors (Lipinski definition) is 1. The summed E-state index contributed by atoms with van der Waals surface area (Å²) in [5, 5.41) is 3.10. The Morgan fingerprint density at radius 1 is 1.31 bits per heavy atom. The van der Waals surface area contributed by atoms with Crippen molar-refractivity contribution in [2.24, 2.45) is 0 Å². The number of carbonyl (C=O) groups excluding carboxylic acids is 1. The summed E-state index contributed by atoms with van der Waals surface area (Å²) < 4.78 is 7.98. The molecule has 3 aromatic heterocycles. The van der Waals surface area contributed by atoms with E-state index in [2.05, 4.69) is 25.3 Å². The first-order valence-corrected chi connectivity index (χ1v) is 8.57. The zero-order valence-electron chi connectivity index (χ0n) is 14.6. The fraction of sp³-hybridized carbons (Fsp3) is 0.412. The molecule has 1 unspecified atom stereocenters. The first kappa shape index (κ1) is 16.5. The number of nitrogens with one attached hydrogen (secondary N) is 1. The molecule has 1 N–H and O–H groups in total. The fourth-order valence-corrected chi connectivity index (χ4v) is 3.14. The summed E-state index contributed by atoms with van der Waals surface area (Å²) in [5.41, 5.74) is 2.05. The van der Waals surface area contributed by atoms with E-state index in [9.17, 15) is 4.79 Å². The number of nitrogens with zero attached hydrogens (tertiary/aromatic N) is 6. The molecule has 9 heteroatoms. The van der Waals surface area contributed by atoms with E-state index in [1.54, 1.807) is 12.4 Å². The van der Waals surface area contributed by atoms with Crippen LogP contribution in [-0.2, 0) is 11.3 Å². The van der Waals surface area contributed by atoms with E-state index in [-0.39, 0.29) is 12.1 Å². The minimum Gasteiger partial charge on any atom is -0.470 e. The van der Waals surface area contributed by atoms with E-state index in [1.807, 2.05) is 18.4 Å². The Kier molecular flexibility index (Phi) is 4.29. The molecule has 9 nitrogen and oxygen atoms in total. The topological polar surface area (TPSA) is 108 Å². The van der Waals surface area contributed by atoms with Crippen molar-refractivity contribution in [3.05, 3.63) is 24.5 Å². The number of hydrogen-bond acceptors (Lipinski definition) is 8. The van der Waals surface area contributed by atoms with Crippen molar-refractivity contribution in [1.82, 2.24) is 34.8 Å². The molecule has 0 aromatic carbocycles. The molecule has 0 spiro atoms. The maximum atomic E-state index is 11.2. The molecule has 1 aliphatic heterocycles. The highest BCUT2D eigenvalue weighted by Crippen LogP contribution is 2.28. The molecule has 1 fully saturated rings. The van der Waals surface area contributed by atoms with Crippen molar-refractivity contribution in [2.75, 3.05) is 6.54 Å². The minimum absolute atomic E-state index is 0.261. The first-order valence-electron chi connectivity index (χ1n) is 8.57. The third kappa shape index (κ3) is 2.80. The predicted molar refractivity (Wildman–Crippen MR) is 93.6 cm³/mol. The van der Waals surface area contributed by atoms with Gasteiger partial charge in [0.1, 0.15) is 36.4 Å². The largest absolute Gasteiger partial charge is 0.470 e. The van der Waals surface area contributed by atoms with Crippen LogP contribution >= 0.6 is 0 Å². The average Bonchev–Trinajstić information content (AvgIpc) is 3.26. The number of aromatic nitrogens is 6. The highest BCUT2D eigenvalue weighted by molar-refractivity contribution is 5.81. The zero-order chi connectivity index (χ0) is 18.1. The summed E-state index contributed by atoms with van der Waals surface area (Å²) in [4.78, 5) is 33.0. The number of carbonyl (C=O) groups is 1. The quantitative estimate of drug-likeness (QED) is 0.675. The molecule has 0 amide bonds. The summed E-state index contributed by atoms with van der Waals surface area (Å²) in [6.45, 7) is 5.27. The van der Waals surface area contributed by atoms with Crippen LogP contribution in [0, 0.1) is 6.92 Å². The lowest BCUT2D eigenvalue weighted by Gasteiger charge is -2.15. The normalized spacial score (nSPS) is 19.8. The van der Waals surface area contributed by atoms with Gasteiger partial charge < -0.3 is 19.4 Å². The Bertz CT molecular complexity index is 938. The fourth-order valence-electron chi connectivity index (χ4n) is 3.14. The van der Waals surface area contributed by atoms with Gasteiger partial charge in [0.2, 0.25) is 5.88 Å². The number of aldehydes is 1. The molecule has 1 saturated heterocycles. The number of ether oxygens (including phenoxy) is 1. The molecule has 134 valence electrons. The second kappa shape index (κ2) is 6.75. The second-order valence-electron chi connectivity index (χ2n) is 6.11. The van der Waals surface area contributed by atoms with Gasteiger partial charge >= 0.3 is 0 Å². The molecule has 0 saturated carbocycles. The second-order valence-corrected chi connectivity index (χ2v) is 6.11. The third-order valence-corrected chi connectivity index (χ3v) is 4.47. The van der Waals surface area contributed by atoms with Crippen LogP contribution in [0.15, 0.2) is 18.7 Å². The molecule has 0 bridgehead atoms. The SMILES string of the molecule is CCn1c(-c2cnc(C)nc2)nc2c(O[C@H]3CCNC3C=O)ncnc21. The van der Waals surface area contributed by atoms with Crippen molar-refractivity contribution in [3.8, 4) is 17.3 Å². The van der Waals surface area contributed by atoms with Gasteiger partial charge in [-0.25, -0.2) is 19.9 Å². The van der Waals surface area contributed by atoms with Gasteiger partial charge in [0.15, 0.2) is 11.2 Å². The summed E-state index contributed by atoms with van der Waals surface area (Å²) in [6.07, 6.45) is 6.29. The van der Waals surface area contributed by atoms with Gasteiger partial charge in [-0.15, -0.1) is 0 Å². The van der Waals surface area contributed by atoms with Crippen LogP contribution in [0.4, 0.5) is 0 Å². The molecule has 26 heavy (non-hydrogen) atoms. The van der Waals surface area contributed by atoms with Gasteiger partial charge in [0.25, 0.3) is 0 Å². The van der Waals surface area contributed by atoms with Crippen LogP contribution < -0.4 is 10.1 Å². The smallest absolute Gasteiger partial charge is 0.245 e. The van der Waals surface area contributed by atoms with Crippen LogP contribution in [0.5, 0.6) is 5.88 Å². The van der Waals surface area contributed by atoms with Gasteiger partial charge in [-0.3, -0.25) is 0 Å². The first-order chi connectivity index (χ1) is 12.7. The van der Waals surface area contributed by atoms with Crippen molar-refractivity contribution < 1.29 is 9.53 Å². The summed E-state index contributed by atoms with van der Waals surface area (Å²) in [6, 6.07) is -0.335. The molecular weight excluding hydrogens is 334 g/mol. The summed E-state index contributed by atoms with van der Waals surface area (Å²) in [7, 11) is 0. The van der Waals surface area contributed by atoms with Crippen molar-refractivity contribution >= 4 is 17.5 Å². The molecule has 4 heterocycles.